The lowest BCUT2D eigenvalue weighted by Gasteiger charge is -2.25. The number of benzene rings is 2. The van der Waals surface area contributed by atoms with E-state index in [4.69, 9.17) is 4.52 Å². The van der Waals surface area contributed by atoms with Crippen LogP contribution in [0, 0.1) is 6.92 Å². The molecule has 1 aromatic heterocycles. The molecule has 0 bridgehead atoms. The molecule has 0 fully saturated rings. The number of hydrazine groups is 1. The van der Waals surface area contributed by atoms with Gasteiger partial charge >= 0.3 is 0 Å². The van der Waals surface area contributed by atoms with Crippen molar-refractivity contribution in [3.63, 3.8) is 0 Å². The van der Waals surface area contributed by atoms with Gasteiger partial charge in [-0.1, -0.05) is 53.7 Å². The molecule has 2 aromatic carbocycles. The smallest absolute Gasteiger partial charge is 0.291 e. The van der Waals surface area contributed by atoms with Gasteiger partial charge in [0, 0.05) is 6.07 Å². The van der Waals surface area contributed by atoms with Crippen LogP contribution in [0.1, 0.15) is 21.8 Å². The second-order valence-corrected chi connectivity index (χ2v) is 5.17. The molecule has 0 atom stereocenters. The molecule has 1 heterocycles. The number of amides is 1. The third-order valence-corrected chi connectivity index (χ3v) is 3.35. The van der Waals surface area contributed by atoms with E-state index in [2.05, 4.69) is 10.6 Å². The summed E-state index contributed by atoms with van der Waals surface area (Å²) in [5.41, 5.74) is 5.13. The van der Waals surface area contributed by atoms with E-state index in [0.717, 1.165) is 11.3 Å². The Hall–Kier alpha value is -3.08. The fraction of sp³-hybridized carbons (Fsp3) is 0.111. The Labute approximate surface area is 134 Å². The molecule has 1 amide bonds. The first kappa shape index (κ1) is 14.8. The second-order valence-electron chi connectivity index (χ2n) is 5.17. The molecule has 116 valence electrons. The van der Waals surface area contributed by atoms with Crippen molar-refractivity contribution in [2.24, 2.45) is 0 Å². The fourth-order valence-electron chi connectivity index (χ4n) is 2.22. The number of anilines is 1. The van der Waals surface area contributed by atoms with Gasteiger partial charge in [-0.2, -0.15) is 0 Å². The molecular weight excluding hydrogens is 290 g/mol. The summed E-state index contributed by atoms with van der Waals surface area (Å²) in [6.07, 6.45) is 0. The maximum absolute atomic E-state index is 12.4. The van der Waals surface area contributed by atoms with E-state index in [0.29, 0.717) is 12.3 Å². The summed E-state index contributed by atoms with van der Waals surface area (Å²) in [5, 5.41) is 5.55. The number of carbonyl (C=O) groups is 1. The first-order chi connectivity index (χ1) is 11.2. The average molecular weight is 307 g/mol. The van der Waals surface area contributed by atoms with Crippen molar-refractivity contribution in [3.05, 3.63) is 83.7 Å². The van der Waals surface area contributed by atoms with Crippen LogP contribution in [0.3, 0.4) is 0 Å². The average Bonchev–Trinajstić information content (AvgIpc) is 3.03. The maximum Gasteiger partial charge on any atom is 0.291 e. The minimum absolute atomic E-state index is 0.261. The Morgan fingerprint density at radius 1 is 1.09 bits per heavy atom. The zero-order valence-electron chi connectivity index (χ0n) is 12.8. The molecule has 5 nitrogen and oxygen atoms in total. The van der Waals surface area contributed by atoms with Crippen molar-refractivity contribution >= 4 is 11.6 Å². The van der Waals surface area contributed by atoms with Gasteiger partial charge in [0.15, 0.2) is 5.69 Å². The van der Waals surface area contributed by atoms with Crippen molar-refractivity contribution < 1.29 is 9.32 Å². The number of hydrogen-bond acceptors (Lipinski definition) is 4. The van der Waals surface area contributed by atoms with Crippen LogP contribution in [-0.2, 0) is 6.54 Å². The van der Waals surface area contributed by atoms with Crippen molar-refractivity contribution in [3.8, 4) is 0 Å². The zero-order valence-corrected chi connectivity index (χ0v) is 12.8. The number of carbonyl (C=O) groups excluding carboxylic acids is 1. The molecule has 0 radical (unpaired) electrons. The molecule has 0 unspecified atom stereocenters. The Bertz CT molecular complexity index is 769. The van der Waals surface area contributed by atoms with Gasteiger partial charge < -0.3 is 4.52 Å². The van der Waals surface area contributed by atoms with Crippen molar-refractivity contribution in [1.29, 1.82) is 0 Å². The second kappa shape index (κ2) is 6.79. The minimum Gasteiger partial charge on any atom is -0.361 e. The standard InChI is InChI=1S/C18H17N3O2/c1-14-12-17(20-23-14)18(22)19-21(16-10-6-3-7-11-16)13-15-8-4-2-5-9-15/h2-12H,13H2,1H3,(H,19,22). The Morgan fingerprint density at radius 3 is 2.35 bits per heavy atom. The van der Waals surface area contributed by atoms with Gasteiger partial charge in [0.25, 0.3) is 5.91 Å². The van der Waals surface area contributed by atoms with E-state index in [9.17, 15) is 4.79 Å². The van der Waals surface area contributed by atoms with E-state index < -0.39 is 0 Å². The molecule has 0 aliphatic heterocycles. The molecule has 3 rings (SSSR count). The van der Waals surface area contributed by atoms with Crippen LogP contribution in [0.2, 0.25) is 0 Å². The Balaban J connectivity index is 1.82. The number of rotatable bonds is 5. The zero-order chi connectivity index (χ0) is 16.1. The minimum atomic E-state index is -0.304. The first-order valence-electron chi connectivity index (χ1n) is 7.33. The summed E-state index contributed by atoms with van der Waals surface area (Å²) >= 11 is 0. The van der Waals surface area contributed by atoms with E-state index in [-0.39, 0.29) is 11.6 Å². The van der Waals surface area contributed by atoms with E-state index in [1.807, 2.05) is 60.7 Å². The van der Waals surface area contributed by atoms with Gasteiger partial charge in [-0.25, -0.2) is 0 Å². The van der Waals surface area contributed by atoms with Crippen LogP contribution in [-0.4, -0.2) is 11.1 Å². The monoisotopic (exact) mass is 307 g/mol. The van der Waals surface area contributed by atoms with Gasteiger partial charge in [0.05, 0.1) is 12.2 Å². The SMILES string of the molecule is Cc1cc(C(=O)NN(Cc2ccccc2)c2ccccc2)no1. The van der Waals surface area contributed by atoms with Gasteiger partial charge in [0.1, 0.15) is 5.76 Å². The summed E-state index contributed by atoms with van der Waals surface area (Å²) in [6, 6.07) is 21.2. The highest BCUT2D eigenvalue weighted by Crippen LogP contribution is 2.15. The fourth-order valence-corrected chi connectivity index (χ4v) is 2.22. The number of nitrogens with zero attached hydrogens (tertiary/aromatic N) is 2. The van der Waals surface area contributed by atoms with Crippen LogP contribution < -0.4 is 10.4 Å². The third kappa shape index (κ3) is 3.77. The largest absolute Gasteiger partial charge is 0.361 e. The highest BCUT2D eigenvalue weighted by Gasteiger charge is 2.15. The molecule has 1 N–H and O–H groups in total. The van der Waals surface area contributed by atoms with Crippen molar-refractivity contribution in [2.45, 2.75) is 13.5 Å². The molecule has 23 heavy (non-hydrogen) atoms. The van der Waals surface area contributed by atoms with E-state index in [1.54, 1.807) is 18.0 Å². The van der Waals surface area contributed by atoms with E-state index >= 15 is 0 Å². The summed E-state index contributed by atoms with van der Waals surface area (Å²) in [5.74, 6) is 0.297. The van der Waals surface area contributed by atoms with Crippen molar-refractivity contribution in [1.82, 2.24) is 10.6 Å². The van der Waals surface area contributed by atoms with Gasteiger partial charge in [0.2, 0.25) is 0 Å². The normalized spacial score (nSPS) is 10.3. The van der Waals surface area contributed by atoms with Crippen LogP contribution >= 0.6 is 0 Å². The van der Waals surface area contributed by atoms with Crippen LogP contribution in [0.4, 0.5) is 5.69 Å². The lowest BCUT2D eigenvalue weighted by Crippen LogP contribution is -2.42. The lowest BCUT2D eigenvalue weighted by molar-refractivity contribution is 0.0939. The molecule has 5 heteroatoms. The predicted molar refractivity (Wildman–Crippen MR) is 87.8 cm³/mol. The van der Waals surface area contributed by atoms with Gasteiger partial charge in [-0.3, -0.25) is 15.2 Å². The number of para-hydroxylation sites is 1. The van der Waals surface area contributed by atoms with Crippen LogP contribution in [0.25, 0.3) is 0 Å². The summed E-state index contributed by atoms with van der Waals surface area (Å²) in [7, 11) is 0. The van der Waals surface area contributed by atoms with Gasteiger partial charge in [-0.05, 0) is 24.6 Å². The molecule has 0 saturated heterocycles. The number of aromatic nitrogens is 1. The quantitative estimate of drug-likeness (QED) is 0.735. The summed E-state index contributed by atoms with van der Waals surface area (Å²) in [4.78, 5) is 12.4. The highest BCUT2D eigenvalue weighted by molar-refractivity contribution is 5.93. The maximum atomic E-state index is 12.4. The Kier molecular flexibility index (Phi) is 4.38. The third-order valence-electron chi connectivity index (χ3n) is 3.35. The number of hydrogen-bond donors (Lipinski definition) is 1. The van der Waals surface area contributed by atoms with Crippen LogP contribution in [0.15, 0.2) is 71.3 Å². The topological polar surface area (TPSA) is 58.4 Å². The number of nitrogens with one attached hydrogen (secondary N) is 1. The first-order valence-corrected chi connectivity index (χ1v) is 7.33. The highest BCUT2D eigenvalue weighted by atomic mass is 16.5. The summed E-state index contributed by atoms with van der Waals surface area (Å²) < 4.78 is 4.96. The molecular formula is C18H17N3O2. The molecule has 3 aromatic rings. The molecule has 0 aliphatic rings. The van der Waals surface area contributed by atoms with E-state index in [1.165, 1.54) is 0 Å². The van der Waals surface area contributed by atoms with Crippen LogP contribution in [0.5, 0.6) is 0 Å². The summed E-state index contributed by atoms with van der Waals surface area (Å²) in [6.45, 7) is 2.30. The molecule has 0 spiro atoms. The predicted octanol–water partition coefficient (Wildman–Crippen LogP) is 3.33. The number of aryl methyl sites for hydroxylation is 1. The Morgan fingerprint density at radius 2 is 1.74 bits per heavy atom. The van der Waals surface area contributed by atoms with Gasteiger partial charge in [-0.15, -0.1) is 0 Å². The van der Waals surface area contributed by atoms with Crippen molar-refractivity contribution in [2.75, 3.05) is 5.01 Å². The molecule has 0 aliphatic carbocycles. The molecule has 0 saturated carbocycles. The lowest BCUT2D eigenvalue weighted by atomic mass is 10.2.